The molecule has 1 heterocycles. The zero-order valence-electron chi connectivity index (χ0n) is 12.8. The first-order valence-electron chi connectivity index (χ1n) is 7.43. The third-order valence-electron chi connectivity index (χ3n) is 3.90. The maximum atomic E-state index is 11.2. The zero-order valence-corrected chi connectivity index (χ0v) is 13.6. The van der Waals surface area contributed by atoms with Crippen molar-refractivity contribution in [2.24, 2.45) is 10.4 Å². The fraction of sp³-hybridized carbons (Fsp3) is 0.412. The predicted octanol–water partition coefficient (Wildman–Crippen LogP) is 3.58. The molecule has 0 spiro atoms. The molecule has 3 rings (SSSR count). The maximum absolute atomic E-state index is 11.2. The van der Waals surface area contributed by atoms with Crippen LogP contribution in [0.3, 0.4) is 0 Å². The van der Waals surface area contributed by atoms with E-state index in [4.69, 9.17) is 4.99 Å². The van der Waals surface area contributed by atoms with E-state index in [9.17, 15) is 9.90 Å². The third kappa shape index (κ3) is 3.19. The summed E-state index contributed by atoms with van der Waals surface area (Å²) in [6.07, 6.45) is 1.78. The van der Waals surface area contributed by atoms with Crippen molar-refractivity contribution in [3.8, 4) is 0 Å². The smallest absolute Gasteiger partial charge is 0.326 e. The molecule has 2 aliphatic rings. The number of benzene rings is 1. The molecular formula is C17H20N2O2S. The lowest BCUT2D eigenvalue weighted by molar-refractivity contribution is -0.138. The Balaban J connectivity index is 1.97. The second kappa shape index (κ2) is 5.80. The molecule has 1 aromatic carbocycles. The highest BCUT2D eigenvalue weighted by molar-refractivity contribution is 8.04. The molecule has 0 bridgehead atoms. The third-order valence-corrected chi connectivity index (χ3v) is 5.17. The fourth-order valence-corrected chi connectivity index (χ4v) is 4.07. The molecule has 5 heteroatoms. The molecule has 0 saturated carbocycles. The van der Waals surface area contributed by atoms with Crippen molar-refractivity contribution in [1.29, 1.82) is 0 Å². The Hall–Kier alpha value is -1.75. The molecule has 2 N–H and O–H groups in total. The summed E-state index contributed by atoms with van der Waals surface area (Å²) in [6, 6.07) is 9.43. The van der Waals surface area contributed by atoms with Crippen LogP contribution in [0.5, 0.6) is 0 Å². The van der Waals surface area contributed by atoms with Crippen molar-refractivity contribution < 1.29 is 9.90 Å². The summed E-state index contributed by atoms with van der Waals surface area (Å²) in [4.78, 5) is 17.2. The Labute approximate surface area is 134 Å². The van der Waals surface area contributed by atoms with Crippen LogP contribution in [0.1, 0.15) is 26.7 Å². The lowest BCUT2D eigenvalue weighted by Gasteiger charge is -2.38. The maximum Gasteiger partial charge on any atom is 0.326 e. The second-order valence-corrected chi connectivity index (χ2v) is 7.60. The number of hydrogen-bond acceptors (Lipinski definition) is 4. The standard InChI is InChI=1S/C17H20N2O2S/c1-17(2)8-12(18-11-6-4-3-5-7-11)15-13(9-17)19-14(10-22-15)16(20)21/h3-7,14,19H,8-10H2,1-2H3,(H,20,21)/b18-12+. The van der Waals surface area contributed by atoms with Crippen molar-refractivity contribution in [2.45, 2.75) is 32.7 Å². The average molecular weight is 316 g/mol. The van der Waals surface area contributed by atoms with Crippen LogP contribution in [0, 0.1) is 5.41 Å². The van der Waals surface area contributed by atoms with Crippen LogP contribution in [0.15, 0.2) is 45.9 Å². The van der Waals surface area contributed by atoms with Crippen molar-refractivity contribution in [2.75, 3.05) is 5.75 Å². The van der Waals surface area contributed by atoms with Gasteiger partial charge in [0, 0.05) is 16.4 Å². The van der Waals surface area contributed by atoms with Crippen LogP contribution < -0.4 is 5.32 Å². The number of para-hydroxylation sites is 1. The highest BCUT2D eigenvalue weighted by Gasteiger charge is 2.36. The van der Waals surface area contributed by atoms with E-state index in [1.165, 1.54) is 0 Å². The van der Waals surface area contributed by atoms with Gasteiger partial charge in [-0.15, -0.1) is 11.8 Å². The minimum Gasteiger partial charge on any atom is -0.480 e. The Kier molecular flexibility index (Phi) is 4.00. The van der Waals surface area contributed by atoms with Crippen molar-refractivity contribution in [3.63, 3.8) is 0 Å². The molecule has 4 nitrogen and oxygen atoms in total. The van der Waals surface area contributed by atoms with Gasteiger partial charge in [-0.05, 0) is 30.4 Å². The second-order valence-electron chi connectivity index (χ2n) is 6.57. The predicted molar refractivity (Wildman–Crippen MR) is 90.6 cm³/mol. The molecule has 1 aliphatic carbocycles. The first-order valence-corrected chi connectivity index (χ1v) is 8.41. The first-order chi connectivity index (χ1) is 10.4. The van der Waals surface area contributed by atoms with E-state index in [1.54, 1.807) is 11.8 Å². The van der Waals surface area contributed by atoms with Gasteiger partial charge in [0.05, 0.1) is 11.4 Å². The molecule has 0 amide bonds. The van der Waals surface area contributed by atoms with Crippen LogP contribution in [-0.4, -0.2) is 28.6 Å². The van der Waals surface area contributed by atoms with Gasteiger partial charge in [0.15, 0.2) is 0 Å². The fourth-order valence-electron chi connectivity index (χ4n) is 2.92. The highest BCUT2D eigenvalue weighted by Crippen LogP contribution is 2.43. The normalized spacial score (nSPS) is 25.5. The number of carboxylic acids is 1. The number of carboxylic acid groups (broad SMARTS) is 1. The summed E-state index contributed by atoms with van der Waals surface area (Å²) >= 11 is 1.62. The molecule has 0 fully saturated rings. The number of carbonyl (C=O) groups is 1. The van der Waals surface area contributed by atoms with E-state index in [0.29, 0.717) is 5.75 Å². The molecule has 0 radical (unpaired) electrons. The summed E-state index contributed by atoms with van der Waals surface area (Å²) in [6.45, 7) is 4.40. The van der Waals surface area contributed by atoms with Gasteiger partial charge in [-0.25, -0.2) is 4.79 Å². The molecule has 22 heavy (non-hydrogen) atoms. The summed E-state index contributed by atoms with van der Waals surface area (Å²) in [5, 5.41) is 12.4. The number of aliphatic carboxylic acids is 1. The van der Waals surface area contributed by atoms with Gasteiger partial charge in [-0.1, -0.05) is 32.0 Å². The van der Waals surface area contributed by atoms with Crippen molar-refractivity contribution in [3.05, 3.63) is 40.9 Å². The minimum atomic E-state index is -0.788. The molecule has 1 unspecified atom stereocenters. The number of hydrogen-bond donors (Lipinski definition) is 2. The summed E-state index contributed by atoms with van der Waals surface area (Å²) in [5.74, 6) is -0.244. The van der Waals surface area contributed by atoms with Gasteiger partial charge in [-0.3, -0.25) is 4.99 Å². The summed E-state index contributed by atoms with van der Waals surface area (Å²) in [7, 11) is 0. The van der Waals surface area contributed by atoms with E-state index in [-0.39, 0.29) is 5.41 Å². The quantitative estimate of drug-likeness (QED) is 0.875. The Morgan fingerprint density at radius 1 is 1.32 bits per heavy atom. The number of nitrogens with one attached hydrogen (secondary N) is 1. The summed E-state index contributed by atoms with van der Waals surface area (Å²) < 4.78 is 0. The van der Waals surface area contributed by atoms with Gasteiger partial charge in [0.25, 0.3) is 0 Å². The van der Waals surface area contributed by atoms with Crippen molar-refractivity contribution >= 4 is 29.1 Å². The molecule has 1 atom stereocenters. The Morgan fingerprint density at radius 2 is 2.05 bits per heavy atom. The summed E-state index contributed by atoms with van der Waals surface area (Å²) in [5.41, 5.74) is 3.14. The molecule has 116 valence electrons. The van der Waals surface area contributed by atoms with E-state index >= 15 is 0 Å². The number of thioether (sulfide) groups is 1. The topological polar surface area (TPSA) is 61.7 Å². The largest absolute Gasteiger partial charge is 0.480 e. The number of rotatable bonds is 2. The van der Waals surface area contributed by atoms with E-state index < -0.39 is 12.0 Å². The minimum absolute atomic E-state index is 0.0837. The molecule has 0 aromatic heterocycles. The highest BCUT2D eigenvalue weighted by atomic mass is 32.2. The van der Waals surface area contributed by atoms with Crippen LogP contribution in [-0.2, 0) is 4.79 Å². The van der Waals surface area contributed by atoms with Gasteiger partial charge in [0.2, 0.25) is 0 Å². The van der Waals surface area contributed by atoms with Crippen LogP contribution in [0.4, 0.5) is 5.69 Å². The monoisotopic (exact) mass is 316 g/mol. The SMILES string of the molecule is CC1(C)CC2=C(SCC(C(=O)O)N2)/C(=N/c2ccccc2)C1. The van der Waals surface area contributed by atoms with Crippen molar-refractivity contribution in [1.82, 2.24) is 5.32 Å². The molecular weight excluding hydrogens is 296 g/mol. The number of nitrogens with zero attached hydrogens (tertiary/aromatic N) is 1. The van der Waals surface area contributed by atoms with Crippen LogP contribution in [0.2, 0.25) is 0 Å². The van der Waals surface area contributed by atoms with E-state index in [0.717, 1.165) is 34.8 Å². The van der Waals surface area contributed by atoms with E-state index in [2.05, 4.69) is 19.2 Å². The lowest BCUT2D eigenvalue weighted by Crippen LogP contribution is -2.44. The Bertz CT molecular complexity index is 650. The van der Waals surface area contributed by atoms with Crippen LogP contribution in [0.25, 0.3) is 0 Å². The van der Waals surface area contributed by atoms with Gasteiger partial charge in [-0.2, -0.15) is 0 Å². The van der Waals surface area contributed by atoms with Gasteiger partial charge in [0.1, 0.15) is 6.04 Å². The zero-order chi connectivity index (χ0) is 15.7. The Morgan fingerprint density at radius 3 is 2.73 bits per heavy atom. The molecule has 1 aromatic rings. The average Bonchev–Trinajstić information content (AvgIpc) is 2.46. The molecule has 0 saturated heterocycles. The van der Waals surface area contributed by atoms with Crippen LogP contribution >= 0.6 is 11.8 Å². The lowest BCUT2D eigenvalue weighted by atomic mass is 9.78. The van der Waals surface area contributed by atoms with Gasteiger partial charge < -0.3 is 10.4 Å². The van der Waals surface area contributed by atoms with Gasteiger partial charge >= 0.3 is 5.97 Å². The first kappa shape index (κ1) is 15.2. The molecule has 1 aliphatic heterocycles. The van der Waals surface area contributed by atoms with E-state index in [1.807, 2.05) is 30.3 Å². The number of aliphatic imine (C=N–C) groups is 1. The number of allylic oxidation sites excluding steroid dienone is 2.